The van der Waals surface area contributed by atoms with Crippen molar-refractivity contribution < 1.29 is 43.9 Å². The van der Waals surface area contributed by atoms with Gasteiger partial charge in [0.2, 0.25) is 6.17 Å². The van der Waals surface area contributed by atoms with Crippen molar-refractivity contribution in [1.29, 1.82) is 0 Å². The molecule has 0 spiro atoms. The Morgan fingerprint density at radius 3 is 1.67 bits per heavy atom. The first-order valence-electron chi connectivity index (χ1n) is 5.80. The van der Waals surface area contributed by atoms with Crippen LogP contribution in [0.3, 0.4) is 0 Å². The largest absolute Gasteiger partial charge is 0.424 e. The number of halogens is 9. The van der Waals surface area contributed by atoms with E-state index in [-0.39, 0.29) is 6.61 Å². The van der Waals surface area contributed by atoms with Gasteiger partial charge in [-0.2, -0.15) is 26.3 Å². The molecule has 0 radical (unpaired) electrons. The monoisotopic (exact) mass is 350 g/mol. The van der Waals surface area contributed by atoms with Gasteiger partial charge in [-0.1, -0.05) is 13.8 Å². The molecule has 0 aliphatic heterocycles. The van der Waals surface area contributed by atoms with E-state index in [1.807, 2.05) is 0 Å². The van der Waals surface area contributed by atoms with Crippen LogP contribution in [0.4, 0.5) is 39.5 Å². The highest BCUT2D eigenvalue weighted by Gasteiger charge is 2.79. The molecule has 21 heavy (non-hydrogen) atoms. The Hall–Kier alpha value is -0.453. The molecule has 0 bridgehead atoms. The van der Waals surface area contributed by atoms with Crippen molar-refractivity contribution in [3.05, 3.63) is 0 Å². The van der Waals surface area contributed by atoms with Crippen LogP contribution in [0, 0.1) is 0 Å². The molecule has 0 amide bonds. The van der Waals surface area contributed by atoms with Gasteiger partial charge in [0.1, 0.15) is 0 Å². The molecule has 1 nitrogen and oxygen atoms in total. The Morgan fingerprint density at radius 1 is 0.905 bits per heavy atom. The van der Waals surface area contributed by atoms with Gasteiger partial charge in [0.15, 0.2) is 9.76 Å². The highest BCUT2D eigenvalue weighted by molar-refractivity contribution is 6.32. The Labute approximate surface area is 117 Å². The normalized spacial score (nSPS) is 17.0. The van der Waals surface area contributed by atoms with E-state index in [2.05, 4.69) is 4.43 Å². The number of alkyl halides is 9. The van der Waals surface area contributed by atoms with E-state index < -0.39 is 45.2 Å². The van der Waals surface area contributed by atoms with E-state index in [9.17, 15) is 39.5 Å². The van der Waals surface area contributed by atoms with Crippen LogP contribution in [-0.4, -0.2) is 46.7 Å². The van der Waals surface area contributed by atoms with E-state index in [1.165, 1.54) is 6.92 Å². The van der Waals surface area contributed by atoms with Gasteiger partial charge in [0.05, 0.1) is 0 Å². The van der Waals surface area contributed by atoms with Crippen molar-refractivity contribution in [1.82, 2.24) is 0 Å². The quantitative estimate of drug-likeness (QED) is 0.478. The minimum Gasteiger partial charge on any atom is -0.424 e. The number of rotatable bonds is 8. The first kappa shape index (κ1) is 20.5. The molecule has 0 aromatic carbocycles. The lowest BCUT2D eigenvalue weighted by Crippen LogP contribution is -2.63. The summed E-state index contributed by atoms with van der Waals surface area (Å²) < 4.78 is 122. The van der Waals surface area contributed by atoms with Gasteiger partial charge in [0, 0.05) is 11.6 Å². The Bertz CT molecular complexity index is 345. The van der Waals surface area contributed by atoms with Crippen molar-refractivity contribution >= 4 is 9.76 Å². The third-order valence-corrected chi connectivity index (χ3v) is 4.68. The summed E-state index contributed by atoms with van der Waals surface area (Å²) in [7, 11) is -2.42. The van der Waals surface area contributed by atoms with E-state index in [0.717, 1.165) is 0 Å². The molecule has 0 saturated heterocycles. The average Bonchev–Trinajstić information content (AvgIpc) is 2.34. The molecule has 1 unspecified atom stereocenters. The Balaban J connectivity index is 5.64. The zero-order valence-corrected chi connectivity index (χ0v) is 12.8. The fourth-order valence-electron chi connectivity index (χ4n) is 1.41. The smallest absolute Gasteiger partial charge is 0.375 e. The van der Waals surface area contributed by atoms with Crippen LogP contribution in [0.5, 0.6) is 0 Å². The van der Waals surface area contributed by atoms with Crippen LogP contribution in [0.1, 0.15) is 20.8 Å². The number of hydrogen-bond acceptors (Lipinski definition) is 1. The van der Waals surface area contributed by atoms with Gasteiger partial charge < -0.3 is 4.43 Å². The molecule has 0 aliphatic rings. The van der Waals surface area contributed by atoms with Crippen LogP contribution >= 0.6 is 0 Å². The third kappa shape index (κ3) is 3.49. The van der Waals surface area contributed by atoms with E-state index in [0.29, 0.717) is 13.8 Å². The van der Waals surface area contributed by atoms with Crippen molar-refractivity contribution in [2.24, 2.45) is 0 Å². The van der Waals surface area contributed by atoms with Crippen LogP contribution in [0.2, 0.25) is 5.04 Å². The average molecular weight is 350 g/mol. The summed E-state index contributed by atoms with van der Waals surface area (Å²) in [4.78, 5) is 0. The fraction of sp³-hybridized carbons (Fsp3) is 1.00. The Morgan fingerprint density at radius 2 is 1.33 bits per heavy atom. The van der Waals surface area contributed by atoms with Crippen LogP contribution < -0.4 is 0 Å². The summed E-state index contributed by atoms with van der Waals surface area (Å²) in [6.45, 7) is 2.38. The van der Waals surface area contributed by atoms with Gasteiger partial charge >= 0.3 is 17.8 Å². The predicted octanol–water partition coefficient (Wildman–Crippen LogP) is 3.81. The highest BCUT2D eigenvalue weighted by Crippen LogP contribution is 2.58. The molecule has 11 heteroatoms. The van der Waals surface area contributed by atoms with Crippen LogP contribution in [-0.2, 0) is 4.43 Å². The molecule has 0 aliphatic carbocycles. The van der Waals surface area contributed by atoms with Crippen LogP contribution in [0.25, 0.3) is 0 Å². The van der Waals surface area contributed by atoms with Crippen molar-refractivity contribution in [3.63, 3.8) is 0 Å². The molecule has 128 valence electrons. The van der Waals surface area contributed by atoms with Crippen LogP contribution in [0.15, 0.2) is 0 Å². The zero-order chi connectivity index (χ0) is 17.3. The third-order valence-electron chi connectivity index (χ3n) is 2.90. The standard InChI is InChI=1S/C10H15F9OSi/c1-4-20-21-7(2,3)9(16,17)10(18,19)8(14,15)5(11)6(12)13/h5-6H,4,21H2,1-3H3. The van der Waals surface area contributed by atoms with E-state index in [1.54, 1.807) is 0 Å². The molecule has 0 heterocycles. The van der Waals surface area contributed by atoms with E-state index in [4.69, 9.17) is 0 Å². The maximum atomic E-state index is 13.7. The molecule has 0 aromatic heterocycles. The molecule has 0 aromatic rings. The second-order valence-corrected chi connectivity index (χ2v) is 7.49. The number of hydrogen-bond donors (Lipinski definition) is 0. The van der Waals surface area contributed by atoms with Gasteiger partial charge in [-0.25, -0.2) is 13.2 Å². The van der Waals surface area contributed by atoms with Gasteiger partial charge in [-0.05, 0) is 6.92 Å². The second kappa shape index (κ2) is 6.35. The summed E-state index contributed by atoms with van der Waals surface area (Å²) >= 11 is 0. The fourth-order valence-corrected chi connectivity index (χ4v) is 2.53. The SMILES string of the molecule is CCO[SiH2]C(C)(C)C(F)(F)C(F)(F)C(F)(F)C(F)C(F)F. The highest BCUT2D eigenvalue weighted by atomic mass is 28.2. The molecule has 1 atom stereocenters. The van der Waals surface area contributed by atoms with Crippen molar-refractivity contribution in [2.45, 2.75) is 56.2 Å². The van der Waals surface area contributed by atoms with Gasteiger partial charge in [-0.15, -0.1) is 0 Å². The molecule has 0 N–H and O–H groups in total. The summed E-state index contributed by atoms with van der Waals surface area (Å²) in [6, 6.07) is 0. The lowest BCUT2D eigenvalue weighted by atomic mass is 9.91. The maximum Gasteiger partial charge on any atom is 0.375 e. The summed E-state index contributed by atoms with van der Waals surface area (Å²) in [5.74, 6) is -17.9. The van der Waals surface area contributed by atoms with E-state index >= 15 is 0 Å². The van der Waals surface area contributed by atoms with Crippen molar-refractivity contribution in [2.75, 3.05) is 6.61 Å². The second-order valence-electron chi connectivity index (χ2n) is 5.03. The molecule has 0 rings (SSSR count). The summed E-state index contributed by atoms with van der Waals surface area (Å²) in [6.07, 6.45) is -9.23. The lowest BCUT2D eigenvalue weighted by molar-refractivity contribution is -0.341. The Kier molecular flexibility index (Phi) is 6.21. The summed E-state index contributed by atoms with van der Waals surface area (Å²) in [5, 5.41) is -2.70. The topological polar surface area (TPSA) is 9.23 Å². The lowest BCUT2D eigenvalue weighted by Gasteiger charge is -2.41. The molecular formula is C10H15F9OSi. The maximum absolute atomic E-state index is 13.7. The first-order valence-corrected chi connectivity index (χ1v) is 7.08. The summed E-state index contributed by atoms with van der Waals surface area (Å²) in [5.41, 5.74) is 0. The predicted molar refractivity (Wildman–Crippen MR) is 60.0 cm³/mol. The van der Waals surface area contributed by atoms with Crippen molar-refractivity contribution in [3.8, 4) is 0 Å². The molecule has 0 fully saturated rings. The van der Waals surface area contributed by atoms with Gasteiger partial charge in [0.25, 0.3) is 6.43 Å². The van der Waals surface area contributed by atoms with Gasteiger partial charge in [-0.3, -0.25) is 0 Å². The molecule has 0 saturated carbocycles. The molecular weight excluding hydrogens is 335 g/mol. The minimum atomic E-state index is -6.29. The zero-order valence-electron chi connectivity index (χ0n) is 11.4. The first-order chi connectivity index (χ1) is 9.16. The minimum absolute atomic E-state index is 0.101.